The van der Waals surface area contributed by atoms with E-state index >= 15 is 0 Å². The summed E-state index contributed by atoms with van der Waals surface area (Å²) in [6, 6.07) is 9.07. The highest BCUT2D eigenvalue weighted by atomic mass is 16.2. The minimum absolute atomic E-state index is 0.214. The topological polar surface area (TPSA) is 46.9 Å². The Morgan fingerprint density at radius 1 is 1.11 bits per heavy atom. The van der Waals surface area contributed by atoms with Crippen molar-refractivity contribution in [2.24, 2.45) is 0 Å². The van der Waals surface area contributed by atoms with Gasteiger partial charge >= 0.3 is 6.03 Å². The van der Waals surface area contributed by atoms with Gasteiger partial charge in [0, 0.05) is 18.1 Å². The van der Waals surface area contributed by atoms with Crippen LogP contribution in [0.15, 0.2) is 49.1 Å². The Bertz CT molecular complexity index is 410. The maximum atomic E-state index is 11.5. The van der Waals surface area contributed by atoms with Gasteiger partial charge in [-0.15, -0.1) is 0 Å². The van der Waals surface area contributed by atoms with Crippen LogP contribution in [0.1, 0.15) is 27.7 Å². The van der Waals surface area contributed by atoms with Gasteiger partial charge in [0.15, 0.2) is 0 Å². The van der Waals surface area contributed by atoms with Crippen molar-refractivity contribution in [1.82, 2.24) is 9.55 Å². The van der Waals surface area contributed by atoms with Gasteiger partial charge in [0.2, 0.25) is 0 Å². The van der Waals surface area contributed by atoms with Crippen LogP contribution < -0.4 is 5.32 Å². The number of rotatable bonds is 1. The van der Waals surface area contributed by atoms with Gasteiger partial charge in [-0.25, -0.2) is 9.78 Å². The number of anilines is 1. The van der Waals surface area contributed by atoms with Crippen LogP contribution in [0.2, 0.25) is 0 Å². The first-order valence-corrected chi connectivity index (χ1v) is 6.20. The maximum Gasteiger partial charge on any atom is 0.331 e. The standard InChI is InChI=1S/C10H9N3O.2C2H6/c14-10(13-7-6-11-8-13)12-9-4-2-1-3-5-9;2*1-2/h1-8H,(H,12,14);2*1-2H3. The van der Waals surface area contributed by atoms with Crippen LogP contribution in [0.3, 0.4) is 0 Å². The van der Waals surface area contributed by atoms with E-state index in [1.165, 1.54) is 10.9 Å². The zero-order valence-electron chi connectivity index (χ0n) is 11.4. The summed E-state index contributed by atoms with van der Waals surface area (Å²) in [5.74, 6) is 0. The molecular formula is C14H21N3O. The van der Waals surface area contributed by atoms with Gasteiger partial charge in [0.1, 0.15) is 6.33 Å². The first-order chi connectivity index (χ1) is 8.86. The number of benzene rings is 1. The van der Waals surface area contributed by atoms with Crippen LogP contribution in [0.25, 0.3) is 0 Å². The van der Waals surface area contributed by atoms with Crippen LogP contribution in [0.4, 0.5) is 10.5 Å². The zero-order valence-corrected chi connectivity index (χ0v) is 11.4. The Hall–Kier alpha value is -2.10. The Morgan fingerprint density at radius 3 is 2.22 bits per heavy atom. The predicted octanol–water partition coefficient (Wildman–Crippen LogP) is 4.02. The summed E-state index contributed by atoms with van der Waals surface area (Å²) in [6.07, 6.45) is 4.61. The molecule has 0 aliphatic carbocycles. The second-order valence-electron chi connectivity index (χ2n) is 2.77. The third-order valence-electron chi connectivity index (χ3n) is 1.76. The van der Waals surface area contributed by atoms with E-state index in [4.69, 9.17) is 0 Å². The molecule has 2 rings (SSSR count). The van der Waals surface area contributed by atoms with Crippen molar-refractivity contribution in [3.63, 3.8) is 0 Å². The van der Waals surface area contributed by atoms with E-state index in [0.717, 1.165) is 5.69 Å². The third-order valence-corrected chi connectivity index (χ3v) is 1.76. The number of hydrogen-bond acceptors (Lipinski definition) is 2. The lowest BCUT2D eigenvalue weighted by molar-refractivity contribution is 0.253. The van der Waals surface area contributed by atoms with Crippen molar-refractivity contribution in [2.45, 2.75) is 27.7 Å². The van der Waals surface area contributed by atoms with Crippen molar-refractivity contribution in [2.75, 3.05) is 5.32 Å². The molecule has 0 saturated carbocycles. The minimum Gasteiger partial charge on any atom is -0.307 e. The fraction of sp³-hybridized carbons (Fsp3) is 0.286. The monoisotopic (exact) mass is 247 g/mol. The maximum absolute atomic E-state index is 11.5. The van der Waals surface area contributed by atoms with Crippen molar-refractivity contribution >= 4 is 11.7 Å². The van der Waals surface area contributed by atoms with Gasteiger partial charge in [-0.2, -0.15) is 0 Å². The zero-order chi connectivity index (χ0) is 13.8. The normalized spacial score (nSPS) is 8.22. The molecule has 0 spiro atoms. The van der Waals surface area contributed by atoms with Crippen LogP contribution in [0.5, 0.6) is 0 Å². The first kappa shape index (κ1) is 15.9. The third kappa shape index (κ3) is 5.30. The Labute approximate surface area is 109 Å². The molecule has 1 aromatic heterocycles. The molecule has 18 heavy (non-hydrogen) atoms. The summed E-state index contributed by atoms with van der Waals surface area (Å²) in [6.45, 7) is 8.00. The largest absolute Gasteiger partial charge is 0.331 e. The smallest absolute Gasteiger partial charge is 0.307 e. The lowest BCUT2D eigenvalue weighted by atomic mass is 10.3. The molecule has 2 aromatic rings. The van der Waals surface area contributed by atoms with Crippen LogP contribution >= 0.6 is 0 Å². The number of carbonyl (C=O) groups excluding carboxylic acids is 1. The number of amides is 1. The number of hydrogen-bond donors (Lipinski definition) is 1. The molecule has 0 aliphatic heterocycles. The van der Waals surface area contributed by atoms with E-state index in [1.807, 2.05) is 58.0 Å². The summed E-state index contributed by atoms with van der Waals surface area (Å²) >= 11 is 0. The number of imidazole rings is 1. The Balaban J connectivity index is 0.000000659. The lowest BCUT2D eigenvalue weighted by Gasteiger charge is -2.03. The van der Waals surface area contributed by atoms with E-state index in [2.05, 4.69) is 10.3 Å². The van der Waals surface area contributed by atoms with Gasteiger partial charge in [0.25, 0.3) is 0 Å². The second kappa shape index (κ2) is 10.1. The Morgan fingerprint density at radius 2 is 1.72 bits per heavy atom. The van der Waals surface area contributed by atoms with E-state index in [0.29, 0.717) is 0 Å². The quantitative estimate of drug-likeness (QED) is 0.827. The van der Waals surface area contributed by atoms with Gasteiger partial charge < -0.3 is 5.32 Å². The van der Waals surface area contributed by atoms with Crippen LogP contribution in [-0.4, -0.2) is 15.6 Å². The summed E-state index contributed by atoms with van der Waals surface area (Å²) in [7, 11) is 0. The predicted molar refractivity (Wildman–Crippen MR) is 75.8 cm³/mol. The molecule has 0 unspecified atom stereocenters. The fourth-order valence-electron chi connectivity index (χ4n) is 1.09. The lowest BCUT2D eigenvalue weighted by Crippen LogP contribution is -2.17. The van der Waals surface area contributed by atoms with Crippen LogP contribution in [0, 0.1) is 0 Å². The summed E-state index contributed by atoms with van der Waals surface area (Å²) in [5.41, 5.74) is 0.770. The highest BCUT2D eigenvalue weighted by Crippen LogP contribution is 2.05. The second-order valence-corrected chi connectivity index (χ2v) is 2.77. The molecule has 1 amide bonds. The van der Waals surface area contributed by atoms with Gasteiger partial charge in [-0.05, 0) is 12.1 Å². The molecule has 0 radical (unpaired) electrons. The molecule has 0 fully saturated rings. The van der Waals surface area contributed by atoms with E-state index in [9.17, 15) is 4.79 Å². The number of carbonyl (C=O) groups is 1. The van der Waals surface area contributed by atoms with Crippen molar-refractivity contribution in [1.29, 1.82) is 0 Å². The van der Waals surface area contributed by atoms with Crippen LogP contribution in [-0.2, 0) is 0 Å². The molecule has 1 N–H and O–H groups in total. The number of nitrogens with one attached hydrogen (secondary N) is 1. The molecular weight excluding hydrogens is 226 g/mol. The van der Waals surface area contributed by atoms with Gasteiger partial charge in [-0.3, -0.25) is 4.57 Å². The highest BCUT2D eigenvalue weighted by Gasteiger charge is 2.02. The number of nitrogens with zero attached hydrogens (tertiary/aromatic N) is 2. The van der Waals surface area contributed by atoms with E-state index in [-0.39, 0.29) is 6.03 Å². The SMILES string of the molecule is CC.CC.O=C(Nc1ccccc1)n1ccnc1. The van der Waals surface area contributed by atoms with E-state index < -0.39 is 0 Å². The molecule has 1 aromatic carbocycles. The molecule has 4 heteroatoms. The molecule has 0 saturated heterocycles. The van der Waals surface area contributed by atoms with Crippen molar-refractivity contribution in [3.05, 3.63) is 49.1 Å². The summed E-state index contributed by atoms with van der Waals surface area (Å²) in [5, 5.41) is 2.73. The highest BCUT2D eigenvalue weighted by molar-refractivity contribution is 5.90. The summed E-state index contributed by atoms with van der Waals surface area (Å²) in [4.78, 5) is 15.3. The number of para-hydroxylation sites is 1. The van der Waals surface area contributed by atoms with Crippen molar-refractivity contribution in [3.8, 4) is 0 Å². The minimum atomic E-state index is -0.214. The molecule has 0 atom stereocenters. The molecule has 98 valence electrons. The van der Waals surface area contributed by atoms with Gasteiger partial charge in [0.05, 0.1) is 0 Å². The first-order valence-electron chi connectivity index (χ1n) is 6.20. The Kier molecular flexibility index (Phi) is 8.90. The van der Waals surface area contributed by atoms with E-state index in [1.54, 1.807) is 12.4 Å². The van der Waals surface area contributed by atoms with Crippen molar-refractivity contribution < 1.29 is 4.79 Å². The molecule has 4 nitrogen and oxygen atoms in total. The van der Waals surface area contributed by atoms with Gasteiger partial charge in [-0.1, -0.05) is 45.9 Å². The average Bonchev–Trinajstić information content (AvgIpc) is 2.99. The average molecular weight is 247 g/mol. The molecule has 0 bridgehead atoms. The molecule has 0 aliphatic rings. The molecule has 1 heterocycles. The number of aromatic nitrogens is 2. The summed E-state index contributed by atoms with van der Waals surface area (Å²) < 4.78 is 1.38. The fourth-order valence-corrected chi connectivity index (χ4v) is 1.09.